The van der Waals surface area contributed by atoms with E-state index in [0.717, 1.165) is 55.2 Å². The summed E-state index contributed by atoms with van der Waals surface area (Å²) in [4.78, 5) is 74.9. The summed E-state index contributed by atoms with van der Waals surface area (Å²) in [5, 5.41) is 0. The molecule has 1 aromatic rings. The van der Waals surface area contributed by atoms with Gasteiger partial charge < -0.3 is 23.7 Å². The molecule has 0 amide bonds. The second kappa shape index (κ2) is 18.2. The number of hydrogen-bond donors (Lipinski definition) is 0. The fraction of sp³-hybridized carbons (Fsp3) is 0.745. The number of carbonyl (C=O) groups is 6. The average Bonchev–Trinajstić information content (AvgIpc) is 3.46. The number of esters is 5. The van der Waals surface area contributed by atoms with Gasteiger partial charge in [-0.15, -0.1) is 0 Å². The molecule has 0 aliphatic heterocycles. The molecule has 4 saturated carbocycles. The highest BCUT2D eigenvalue weighted by molar-refractivity contribution is 5.79. The average molecular weight is 809 g/mol. The first-order chi connectivity index (χ1) is 27.1. The monoisotopic (exact) mass is 808 g/mol. The van der Waals surface area contributed by atoms with E-state index in [9.17, 15) is 28.8 Å². The van der Waals surface area contributed by atoms with Crippen LogP contribution in [0.5, 0.6) is 5.75 Å². The molecule has 0 spiro atoms. The molecule has 5 rings (SSSR count). The predicted molar refractivity (Wildman–Crippen MR) is 217 cm³/mol. The summed E-state index contributed by atoms with van der Waals surface area (Å²) in [7, 11) is 0. The molecule has 0 radical (unpaired) electrons. The van der Waals surface area contributed by atoms with Gasteiger partial charge in [0.25, 0.3) is 0 Å². The van der Waals surface area contributed by atoms with Crippen LogP contribution in [0.2, 0.25) is 0 Å². The maximum Gasteiger partial charge on any atom is 0.311 e. The summed E-state index contributed by atoms with van der Waals surface area (Å²) in [5.41, 5.74) is 2.22. The van der Waals surface area contributed by atoms with Crippen molar-refractivity contribution in [1.82, 2.24) is 0 Å². The van der Waals surface area contributed by atoms with Crippen molar-refractivity contribution in [2.75, 3.05) is 13.2 Å². The quantitative estimate of drug-likeness (QED) is 0.0954. The van der Waals surface area contributed by atoms with Gasteiger partial charge in [0.15, 0.2) is 6.10 Å². The van der Waals surface area contributed by atoms with Gasteiger partial charge in [-0.05, 0) is 136 Å². The Kier molecular flexibility index (Phi) is 14.3. The number of aryl methyl sites for hydroxylation is 2. The van der Waals surface area contributed by atoms with Crippen LogP contribution in [0.25, 0.3) is 0 Å². The lowest BCUT2D eigenvalue weighted by Crippen LogP contribution is -2.54. The van der Waals surface area contributed by atoms with E-state index in [1.807, 2.05) is 33.8 Å². The molecule has 4 fully saturated rings. The first-order valence-corrected chi connectivity index (χ1v) is 21.6. The molecule has 2 unspecified atom stereocenters. The van der Waals surface area contributed by atoms with Crippen LogP contribution in [0.3, 0.4) is 0 Å². The minimum Gasteiger partial charge on any atom is -0.462 e. The van der Waals surface area contributed by atoms with E-state index < -0.39 is 41.3 Å². The van der Waals surface area contributed by atoms with E-state index in [2.05, 4.69) is 13.8 Å². The minimum absolute atomic E-state index is 0.0785. The molecule has 11 nitrogen and oxygen atoms in total. The summed E-state index contributed by atoms with van der Waals surface area (Å²) in [6.07, 6.45) is 8.54. The number of fused-ring (bicyclic) bond motifs is 5. The molecule has 0 saturated heterocycles. The van der Waals surface area contributed by atoms with Crippen molar-refractivity contribution in [2.45, 2.75) is 164 Å². The highest BCUT2D eigenvalue weighted by Gasteiger charge is 2.61. The number of rotatable bonds is 15. The molecule has 0 aromatic heterocycles. The lowest BCUT2D eigenvalue weighted by molar-refractivity contribution is -0.166. The first kappa shape index (κ1) is 45.3. The number of benzene rings is 1. The van der Waals surface area contributed by atoms with Crippen LogP contribution in [0.1, 0.15) is 149 Å². The zero-order chi connectivity index (χ0) is 42.7. The van der Waals surface area contributed by atoms with Crippen molar-refractivity contribution in [2.24, 2.45) is 46.3 Å². The fourth-order valence-corrected chi connectivity index (χ4v) is 12.1. The molecule has 4 aliphatic rings. The Balaban J connectivity index is 1.16. The molecule has 9 atom stereocenters. The molecule has 1 aromatic carbocycles. The predicted octanol–water partition coefficient (Wildman–Crippen LogP) is 8.49. The van der Waals surface area contributed by atoms with Crippen molar-refractivity contribution < 1.29 is 52.5 Å². The molecular weight excluding hydrogens is 741 g/mol. The first-order valence-electron chi connectivity index (χ1n) is 21.6. The zero-order valence-electron chi connectivity index (χ0n) is 36.7. The lowest BCUT2D eigenvalue weighted by Gasteiger charge is -2.61. The molecule has 0 N–H and O–H groups in total. The van der Waals surface area contributed by atoms with E-state index in [0.29, 0.717) is 35.2 Å². The summed E-state index contributed by atoms with van der Waals surface area (Å²) in [6, 6.07) is 3.82. The van der Waals surface area contributed by atoms with E-state index >= 15 is 0 Å². The summed E-state index contributed by atoms with van der Waals surface area (Å²) in [5.74, 6) is 0.448. The Labute approximate surface area is 345 Å². The van der Waals surface area contributed by atoms with Gasteiger partial charge in [0, 0.05) is 43.6 Å². The third-order valence-electron chi connectivity index (χ3n) is 14.6. The second-order valence-corrected chi connectivity index (χ2v) is 19.5. The van der Waals surface area contributed by atoms with Crippen LogP contribution >= 0.6 is 0 Å². The lowest BCUT2D eigenvalue weighted by atomic mass is 9.44. The minimum atomic E-state index is -0.978. The highest BCUT2D eigenvalue weighted by Crippen LogP contribution is 2.67. The molecule has 4 aliphatic carbocycles. The van der Waals surface area contributed by atoms with Gasteiger partial charge in [-0.25, -0.2) is 0 Å². The molecule has 322 valence electrons. The normalized spacial score (nSPS) is 29.6. The summed E-state index contributed by atoms with van der Waals surface area (Å²) in [6.45, 7) is 18.1. The smallest absolute Gasteiger partial charge is 0.311 e. The van der Waals surface area contributed by atoms with Gasteiger partial charge in [0.05, 0.1) is 6.42 Å². The standard InChI is InChI=1S/C47H68O11/c1-27-19-29(3)44(40(20-27)58-42(52)22-28(2)21-41(51)57-35(25-54-31(5)49)26-55-32(6)50)45(7,8)24-43(53)56-34-15-17-46(9)33(23-34)11-12-36-38-14-13-37(30(4)48)47(38,10)18-16-39(36)46/h19-20,28,33-39H,11-18,21-26H2,1-10H3/t28?,33-,34+,36-,37?,38-,39-,46-,47+/m0/s1. The third-order valence-corrected chi connectivity index (χ3v) is 14.6. The Morgan fingerprint density at radius 1 is 0.776 bits per heavy atom. The van der Waals surface area contributed by atoms with Crippen molar-refractivity contribution in [3.05, 3.63) is 28.8 Å². The Hall–Kier alpha value is -3.76. The van der Waals surface area contributed by atoms with Gasteiger partial charge in [-0.1, -0.05) is 40.7 Å². The number of carbonyl (C=O) groups excluding carboxylic acids is 6. The van der Waals surface area contributed by atoms with E-state index in [1.54, 1.807) is 19.9 Å². The maximum absolute atomic E-state index is 13.7. The van der Waals surface area contributed by atoms with Crippen molar-refractivity contribution in [3.8, 4) is 5.75 Å². The van der Waals surface area contributed by atoms with Crippen LogP contribution in [-0.4, -0.2) is 61.1 Å². The largest absolute Gasteiger partial charge is 0.462 e. The maximum atomic E-state index is 13.7. The number of hydrogen-bond acceptors (Lipinski definition) is 11. The number of Topliss-reactive ketones (excluding diaryl/α,β-unsaturated/α-hetero) is 1. The molecule has 0 heterocycles. The number of ether oxygens (including phenoxy) is 5. The molecule has 0 bridgehead atoms. The van der Waals surface area contributed by atoms with Gasteiger partial charge in [-0.3, -0.25) is 28.8 Å². The van der Waals surface area contributed by atoms with Crippen LogP contribution < -0.4 is 4.74 Å². The third kappa shape index (κ3) is 10.3. The zero-order valence-corrected chi connectivity index (χ0v) is 36.7. The van der Waals surface area contributed by atoms with Gasteiger partial charge in [0.1, 0.15) is 30.9 Å². The Morgan fingerprint density at radius 2 is 1.40 bits per heavy atom. The van der Waals surface area contributed by atoms with Gasteiger partial charge >= 0.3 is 29.8 Å². The topological polar surface area (TPSA) is 149 Å². The second-order valence-electron chi connectivity index (χ2n) is 19.5. The van der Waals surface area contributed by atoms with E-state index in [4.69, 9.17) is 23.7 Å². The Bertz CT molecular complexity index is 1710. The van der Waals surface area contributed by atoms with Crippen LogP contribution in [0.15, 0.2) is 12.1 Å². The van der Waals surface area contributed by atoms with Crippen LogP contribution in [-0.2, 0) is 53.1 Å². The molecule has 58 heavy (non-hydrogen) atoms. The van der Waals surface area contributed by atoms with Gasteiger partial charge in [0.2, 0.25) is 0 Å². The van der Waals surface area contributed by atoms with Crippen LogP contribution in [0, 0.1) is 60.2 Å². The van der Waals surface area contributed by atoms with Gasteiger partial charge in [-0.2, -0.15) is 0 Å². The fourth-order valence-electron chi connectivity index (χ4n) is 12.1. The highest BCUT2D eigenvalue weighted by atomic mass is 16.6. The summed E-state index contributed by atoms with van der Waals surface area (Å²) < 4.78 is 27.5. The molecular formula is C47H68O11. The summed E-state index contributed by atoms with van der Waals surface area (Å²) >= 11 is 0. The van der Waals surface area contributed by atoms with Crippen molar-refractivity contribution in [3.63, 3.8) is 0 Å². The van der Waals surface area contributed by atoms with E-state index in [-0.39, 0.29) is 61.3 Å². The Morgan fingerprint density at radius 3 is 2.03 bits per heavy atom. The van der Waals surface area contributed by atoms with Crippen LogP contribution in [0.4, 0.5) is 0 Å². The van der Waals surface area contributed by atoms with Crippen molar-refractivity contribution in [1.29, 1.82) is 0 Å². The van der Waals surface area contributed by atoms with Crippen molar-refractivity contribution >= 4 is 35.6 Å². The van der Waals surface area contributed by atoms with E-state index in [1.165, 1.54) is 33.1 Å². The molecule has 11 heteroatoms. The SMILES string of the molecule is CC(=O)OCC(COC(C)=O)OC(=O)CC(C)CC(=O)Oc1cc(C)cc(C)c1C(C)(C)CC(=O)O[C@@H]1CC[C@@]2(C)[C@@H](CC[C@@H]3[C@@H]2CC[C@]2(C)C(C(C)=O)CC[C@@H]32)C1. The number of ketones is 1.